The van der Waals surface area contributed by atoms with Crippen molar-refractivity contribution in [1.82, 2.24) is 19.3 Å². The maximum atomic E-state index is 14.2. The Labute approximate surface area is 145 Å². The highest BCUT2D eigenvalue weighted by Gasteiger charge is 2.35. The van der Waals surface area contributed by atoms with Gasteiger partial charge in [-0.3, -0.25) is 9.67 Å². The van der Waals surface area contributed by atoms with Gasteiger partial charge in [-0.25, -0.2) is 4.39 Å². The summed E-state index contributed by atoms with van der Waals surface area (Å²) in [6.45, 7) is 0.754. The van der Waals surface area contributed by atoms with E-state index >= 15 is 0 Å². The molecular weight excluding hydrogens is 317 g/mol. The number of hydrogen-bond donors (Lipinski definition) is 1. The number of aryl methyl sites for hydroxylation is 1. The Balaban J connectivity index is 1.62. The molecule has 0 spiro atoms. The lowest BCUT2D eigenvalue weighted by Gasteiger charge is -2.34. The summed E-state index contributed by atoms with van der Waals surface area (Å²) in [7, 11) is 1.86. The van der Waals surface area contributed by atoms with Crippen LogP contribution in [0.1, 0.15) is 43.3 Å². The summed E-state index contributed by atoms with van der Waals surface area (Å²) in [6.07, 6.45) is 9.90. The third kappa shape index (κ3) is 2.31. The van der Waals surface area contributed by atoms with Crippen molar-refractivity contribution in [3.8, 4) is 11.3 Å². The first kappa shape index (κ1) is 15.1. The first-order valence-corrected chi connectivity index (χ1v) is 9.04. The third-order valence-electron chi connectivity index (χ3n) is 5.76. The van der Waals surface area contributed by atoms with Crippen molar-refractivity contribution in [2.75, 3.05) is 6.54 Å². The number of halogens is 1. The number of fused-ring (bicyclic) bond motifs is 1. The van der Waals surface area contributed by atoms with E-state index in [9.17, 15) is 4.39 Å². The normalized spacial score (nSPS) is 23.2. The lowest BCUT2D eigenvalue weighted by atomic mass is 9.80. The average molecular weight is 339 g/mol. The van der Waals surface area contributed by atoms with Crippen LogP contribution in [0.25, 0.3) is 22.2 Å². The van der Waals surface area contributed by atoms with Crippen LogP contribution in [0.4, 0.5) is 4.39 Å². The van der Waals surface area contributed by atoms with Crippen LogP contribution in [0, 0.1) is 11.7 Å². The molecule has 3 aromatic rings. The first-order valence-electron chi connectivity index (χ1n) is 9.04. The van der Waals surface area contributed by atoms with Gasteiger partial charge in [-0.2, -0.15) is 5.10 Å². The van der Waals surface area contributed by atoms with Gasteiger partial charge >= 0.3 is 0 Å². The van der Waals surface area contributed by atoms with Gasteiger partial charge in [-0.1, -0.05) is 0 Å². The molecule has 0 bridgehead atoms. The Hall–Kier alpha value is -2.21. The fourth-order valence-electron chi connectivity index (χ4n) is 4.03. The van der Waals surface area contributed by atoms with Crippen molar-refractivity contribution in [3.63, 3.8) is 0 Å². The van der Waals surface area contributed by atoms with Gasteiger partial charge in [0.1, 0.15) is 0 Å². The minimum atomic E-state index is -0.281. The second-order valence-corrected chi connectivity index (χ2v) is 7.55. The lowest BCUT2D eigenvalue weighted by molar-refractivity contribution is 0.189. The zero-order chi connectivity index (χ0) is 17.1. The molecule has 5 nitrogen and oxygen atoms in total. The highest BCUT2D eigenvalue weighted by Crippen LogP contribution is 2.46. The number of rotatable bonds is 4. The van der Waals surface area contributed by atoms with Crippen molar-refractivity contribution in [2.45, 2.75) is 37.6 Å². The summed E-state index contributed by atoms with van der Waals surface area (Å²) in [4.78, 5) is 4.45. The lowest BCUT2D eigenvalue weighted by Crippen LogP contribution is -2.32. The molecule has 0 unspecified atom stereocenters. The number of nitrogens with zero attached hydrogens (tertiary/aromatic N) is 4. The van der Waals surface area contributed by atoms with Gasteiger partial charge in [-0.15, -0.1) is 0 Å². The summed E-state index contributed by atoms with van der Waals surface area (Å²) in [5.41, 5.74) is 9.40. The molecule has 2 fully saturated rings. The van der Waals surface area contributed by atoms with Crippen LogP contribution in [0.2, 0.25) is 0 Å². The summed E-state index contributed by atoms with van der Waals surface area (Å²) in [5.74, 6) is 0.857. The third-order valence-corrected chi connectivity index (χ3v) is 5.76. The van der Waals surface area contributed by atoms with E-state index < -0.39 is 0 Å². The Morgan fingerprint density at radius 2 is 2.12 bits per heavy atom. The molecule has 2 N–H and O–H groups in total. The summed E-state index contributed by atoms with van der Waals surface area (Å²) in [6, 6.07) is 2.38. The molecule has 0 radical (unpaired) electrons. The Bertz CT molecular complexity index is 946. The van der Waals surface area contributed by atoms with Crippen LogP contribution in [0.3, 0.4) is 0 Å². The zero-order valence-corrected chi connectivity index (χ0v) is 14.3. The van der Waals surface area contributed by atoms with Crippen molar-refractivity contribution in [3.05, 3.63) is 36.2 Å². The molecule has 25 heavy (non-hydrogen) atoms. The molecule has 0 amide bonds. The molecule has 2 aliphatic rings. The SMILES string of the molecule is Cn1ccc2c(-c3cn(C4CC(CN)C4)nc3C3CC3)ncc(F)c21. The molecule has 5 rings (SSSR count). The molecular formula is C19H22FN5. The summed E-state index contributed by atoms with van der Waals surface area (Å²) >= 11 is 0. The number of aromatic nitrogens is 4. The number of hydrogen-bond acceptors (Lipinski definition) is 3. The highest BCUT2D eigenvalue weighted by atomic mass is 19.1. The number of nitrogens with two attached hydrogens (primary N) is 1. The van der Waals surface area contributed by atoms with E-state index in [1.54, 1.807) is 0 Å². The molecule has 130 valence electrons. The fraction of sp³-hybridized carbons (Fsp3) is 0.474. The Morgan fingerprint density at radius 3 is 2.84 bits per heavy atom. The standard InChI is InChI=1S/C19H22FN5/c1-24-5-4-14-18(22-9-16(20)19(14)24)15-10-25(13-6-11(7-13)8-21)23-17(15)12-2-3-12/h4-5,9-13H,2-3,6-8,21H2,1H3. The smallest absolute Gasteiger partial charge is 0.165 e. The van der Waals surface area contributed by atoms with E-state index in [0.29, 0.717) is 23.4 Å². The predicted octanol–water partition coefficient (Wildman–Crippen LogP) is 3.36. The minimum absolute atomic E-state index is 0.281. The summed E-state index contributed by atoms with van der Waals surface area (Å²) < 4.78 is 18.1. The largest absolute Gasteiger partial charge is 0.348 e. The highest BCUT2D eigenvalue weighted by molar-refractivity contribution is 5.94. The molecule has 2 aliphatic carbocycles. The summed E-state index contributed by atoms with van der Waals surface area (Å²) in [5, 5.41) is 5.77. The predicted molar refractivity (Wildman–Crippen MR) is 94.7 cm³/mol. The van der Waals surface area contributed by atoms with Crippen LogP contribution in [0.5, 0.6) is 0 Å². The van der Waals surface area contributed by atoms with Crippen LogP contribution >= 0.6 is 0 Å². The molecule has 6 heteroatoms. The van der Waals surface area contributed by atoms with Crippen LogP contribution in [-0.2, 0) is 7.05 Å². The molecule has 3 heterocycles. The minimum Gasteiger partial charge on any atom is -0.348 e. The van der Waals surface area contributed by atoms with E-state index in [2.05, 4.69) is 15.9 Å². The molecule has 0 aromatic carbocycles. The molecule has 0 atom stereocenters. The second-order valence-electron chi connectivity index (χ2n) is 7.55. The Morgan fingerprint density at radius 1 is 1.32 bits per heavy atom. The van der Waals surface area contributed by atoms with E-state index in [4.69, 9.17) is 10.8 Å². The van der Waals surface area contributed by atoms with E-state index in [-0.39, 0.29) is 5.82 Å². The Kier molecular flexibility index (Phi) is 3.25. The topological polar surface area (TPSA) is 61.7 Å². The van der Waals surface area contributed by atoms with Gasteiger partial charge in [0, 0.05) is 36.3 Å². The van der Waals surface area contributed by atoms with E-state index in [1.165, 1.54) is 19.0 Å². The maximum absolute atomic E-state index is 14.2. The molecule has 3 aromatic heterocycles. The fourth-order valence-corrected chi connectivity index (χ4v) is 4.03. The average Bonchev–Trinajstić information content (AvgIpc) is 3.20. The van der Waals surface area contributed by atoms with Crippen LogP contribution in [-0.4, -0.2) is 25.9 Å². The van der Waals surface area contributed by atoms with Crippen molar-refractivity contribution < 1.29 is 4.39 Å². The molecule has 0 saturated heterocycles. The van der Waals surface area contributed by atoms with Gasteiger partial charge < -0.3 is 10.3 Å². The molecule has 2 saturated carbocycles. The van der Waals surface area contributed by atoms with Gasteiger partial charge in [0.2, 0.25) is 0 Å². The van der Waals surface area contributed by atoms with Crippen molar-refractivity contribution in [1.29, 1.82) is 0 Å². The zero-order valence-electron chi connectivity index (χ0n) is 14.3. The van der Waals surface area contributed by atoms with Gasteiger partial charge in [0.25, 0.3) is 0 Å². The maximum Gasteiger partial charge on any atom is 0.165 e. The second kappa shape index (κ2) is 5.39. The monoisotopic (exact) mass is 339 g/mol. The van der Waals surface area contributed by atoms with Crippen molar-refractivity contribution >= 4 is 10.9 Å². The van der Waals surface area contributed by atoms with Crippen LogP contribution < -0.4 is 5.73 Å². The van der Waals surface area contributed by atoms with E-state index in [0.717, 1.165) is 41.7 Å². The number of pyridine rings is 1. The van der Waals surface area contributed by atoms with Gasteiger partial charge in [-0.05, 0) is 44.2 Å². The van der Waals surface area contributed by atoms with Crippen molar-refractivity contribution in [2.24, 2.45) is 18.7 Å². The van der Waals surface area contributed by atoms with Gasteiger partial charge in [0.05, 0.1) is 29.1 Å². The first-order chi connectivity index (χ1) is 12.2. The molecule has 0 aliphatic heterocycles. The van der Waals surface area contributed by atoms with Gasteiger partial charge in [0.15, 0.2) is 5.82 Å². The van der Waals surface area contributed by atoms with E-state index in [1.807, 2.05) is 23.9 Å². The van der Waals surface area contributed by atoms with Crippen LogP contribution in [0.15, 0.2) is 24.7 Å². The quantitative estimate of drug-likeness (QED) is 0.793.